The average Bonchev–Trinajstić information content (AvgIpc) is 3.21. The summed E-state index contributed by atoms with van der Waals surface area (Å²) in [6.07, 6.45) is 1.18. The van der Waals surface area contributed by atoms with Crippen LogP contribution in [0.15, 0.2) is 66.7 Å². The highest BCUT2D eigenvalue weighted by molar-refractivity contribution is 6.24. The molecule has 3 heterocycles. The van der Waals surface area contributed by atoms with Crippen molar-refractivity contribution >= 4 is 29.5 Å². The normalized spacial score (nSPS) is 18.8. The number of rotatable bonds is 6. The molecule has 0 aromatic heterocycles. The molecule has 1 atom stereocenters. The highest BCUT2D eigenvalue weighted by atomic mass is 16.2. The number of benzene rings is 3. The number of fused-ring (bicyclic) bond motifs is 2. The molecule has 3 aromatic rings. The van der Waals surface area contributed by atoms with E-state index < -0.39 is 29.7 Å². The molecule has 6 rings (SSSR count). The van der Waals surface area contributed by atoms with Gasteiger partial charge in [0, 0.05) is 38.2 Å². The number of piperidine rings is 1. The van der Waals surface area contributed by atoms with Crippen molar-refractivity contribution in [3.05, 3.63) is 106 Å². The molecule has 0 spiro atoms. The van der Waals surface area contributed by atoms with Crippen LogP contribution in [0.4, 0.5) is 0 Å². The molecule has 3 aliphatic rings. The second-order valence-corrected chi connectivity index (χ2v) is 10.4. The molecule has 9 heteroatoms. The van der Waals surface area contributed by atoms with E-state index in [4.69, 9.17) is 0 Å². The number of amides is 5. The van der Waals surface area contributed by atoms with Crippen molar-refractivity contribution in [2.75, 3.05) is 6.54 Å². The van der Waals surface area contributed by atoms with E-state index in [0.29, 0.717) is 6.54 Å². The van der Waals surface area contributed by atoms with Crippen molar-refractivity contribution in [3.8, 4) is 0 Å². The van der Waals surface area contributed by atoms with Gasteiger partial charge in [-0.25, -0.2) is 0 Å². The van der Waals surface area contributed by atoms with Crippen molar-refractivity contribution in [2.24, 2.45) is 0 Å². The smallest absolute Gasteiger partial charge is 0.262 e. The van der Waals surface area contributed by atoms with Crippen LogP contribution in [0.5, 0.6) is 0 Å². The lowest BCUT2D eigenvalue weighted by Gasteiger charge is -2.28. The van der Waals surface area contributed by atoms with Gasteiger partial charge in [-0.15, -0.1) is 0 Å². The zero-order valence-corrected chi connectivity index (χ0v) is 21.8. The molecule has 1 fully saturated rings. The maximum Gasteiger partial charge on any atom is 0.262 e. The van der Waals surface area contributed by atoms with E-state index in [2.05, 4.69) is 51.9 Å². The predicted octanol–water partition coefficient (Wildman–Crippen LogP) is 2.58. The van der Waals surface area contributed by atoms with Crippen molar-refractivity contribution in [1.29, 1.82) is 0 Å². The Morgan fingerprint density at radius 1 is 0.850 bits per heavy atom. The van der Waals surface area contributed by atoms with E-state index in [1.807, 2.05) is 12.1 Å². The van der Waals surface area contributed by atoms with Crippen molar-refractivity contribution in [3.63, 3.8) is 0 Å². The molecule has 0 radical (unpaired) electrons. The van der Waals surface area contributed by atoms with Gasteiger partial charge >= 0.3 is 0 Å². The zero-order valence-electron chi connectivity index (χ0n) is 21.8. The van der Waals surface area contributed by atoms with Crippen LogP contribution in [0.2, 0.25) is 0 Å². The van der Waals surface area contributed by atoms with E-state index in [1.165, 1.54) is 34.9 Å². The first-order chi connectivity index (χ1) is 19.4. The fourth-order valence-electron chi connectivity index (χ4n) is 5.61. The monoisotopic (exact) mass is 536 g/mol. The molecule has 0 bridgehead atoms. The third kappa shape index (κ3) is 4.91. The summed E-state index contributed by atoms with van der Waals surface area (Å²) in [6, 6.07) is 20.0. The van der Waals surface area contributed by atoms with Crippen LogP contribution in [0.3, 0.4) is 0 Å². The Labute approximate surface area is 231 Å². The Morgan fingerprint density at radius 2 is 1.57 bits per heavy atom. The molecule has 40 heavy (non-hydrogen) atoms. The Hall–Kier alpha value is -4.63. The van der Waals surface area contributed by atoms with Crippen LogP contribution in [0.25, 0.3) is 0 Å². The summed E-state index contributed by atoms with van der Waals surface area (Å²) >= 11 is 0. The number of hydrogen-bond donors (Lipinski definition) is 2. The molecule has 9 nitrogen and oxygen atoms in total. The average molecular weight is 537 g/mol. The van der Waals surface area contributed by atoms with Gasteiger partial charge in [-0.1, -0.05) is 48.5 Å². The number of nitrogens with zero attached hydrogens (tertiary/aromatic N) is 2. The van der Waals surface area contributed by atoms with Crippen molar-refractivity contribution in [1.82, 2.24) is 20.4 Å². The maximum absolute atomic E-state index is 13.0. The van der Waals surface area contributed by atoms with Crippen molar-refractivity contribution in [2.45, 2.75) is 44.9 Å². The molecule has 3 aromatic carbocycles. The van der Waals surface area contributed by atoms with Gasteiger partial charge in [0.1, 0.15) is 6.04 Å². The number of hydrogen-bond acceptors (Lipinski definition) is 6. The zero-order chi connectivity index (χ0) is 27.8. The van der Waals surface area contributed by atoms with Crippen LogP contribution in [-0.4, -0.2) is 51.9 Å². The van der Waals surface area contributed by atoms with Gasteiger partial charge in [0.15, 0.2) is 0 Å². The third-order valence-electron chi connectivity index (χ3n) is 7.79. The quantitative estimate of drug-likeness (QED) is 0.468. The Kier molecular flexibility index (Phi) is 6.73. The van der Waals surface area contributed by atoms with Crippen LogP contribution in [-0.2, 0) is 35.6 Å². The van der Waals surface area contributed by atoms with Gasteiger partial charge in [-0.3, -0.25) is 39.1 Å². The number of nitrogens with one attached hydrogen (secondary N) is 2. The molecule has 1 unspecified atom stereocenters. The summed E-state index contributed by atoms with van der Waals surface area (Å²) < 4.78 is 0. The maximum atomic E-state index is 13.0. The molecular formula is C31H28N4O5. The Bertz CT molecular complexity index is 1550. The van der Waals surface area contributed by atoms with Crippen LogP contribution >= 0.6 is 0 Å². The first-order valence-electron chi connectivity index (χ1n) is 13.4. The van der Waals surface area contributed by atoms with E-state index in [0.717, 1.165) is 36.5 Å². The van der Waals surface area contributed by atoms with E-state index >= 15 is 0 Å². The molecule has 202 valence electrons. The van der Waals surface area contributed by atoms with E-state index in [1.54, 1.807) is 0 Å². The van der Waals surface area contributed by atoms with Gasteiger partial charge < -0.3 is 5.32 Å². The van der Waals surface area contributed by atoms with Gasteiger partial charge in [-0.2, -0.15) is 0 Å². The first kappa shape index (κ1) is 25.6. The molecule has 3 aliphatic heterocycles. The standard InChI is InChI=1S/C31H28N4O5/c36-27-12-11-26(29(38)33-27)35-30(39)24-10-9-22(15-25(24)31(35)40)28(37)32-16-19-5-7-20(8-6-19)17-34-14-13-21-3-1-2-4-23(21)18-34/h1-10,15,26H,11-14,16-18H2,(H,32,37)(H,33,36,38). The first-order valence-corrected chi connectivity index (χ1v) is 13.4. The summed E-state index contributed by atoms with van der Waals surface area (Å²) in [5.74, 6) is -2.72. The van der Waals surface area contributed by atoms with E-state index in [9.17, 15) is 24.0 Å². The Morgan fingerprint density at radius 3 is 2.35 bits per heavy atom. The topological polar surface area (TPSA) is 116 Å². The summed E-state index contributed by atoms with van der Waals surface area (Å²) in [5.41, 5.74) is 5.41. The molecule has 2 N–H and O–H groups in total. The lowest BCUT2D eigenvalue weighted by molar-refractivity contribution is -0.136. The molecule has 0 aliphatic carbocycles. The Balaban J connectivity index is 1.06. The van der Waals surface area contributed by atoms with Gasteiger partial charge in [-0.05, 0) is 53.3 Å². The van der Waals surface area contributed by atoms with Gasteiger partial charge in [0.2, 0.25) is 11.8 Å². The second-order valence-electron chi connectivity index (χ2n) is 10.4. The molecule has 0 saturated carbocycles. The van der Waals surface area contributed by atoms with E-state index in [-0.39, 0.29) is 35.4 Å². The van der Waals surface area contributed by atoms with Crippen LogP contribution in [0.1, 0.15) is 66.2 Å². The second kappa shape index (κ2) is 10.5. The van der Waals surface area contributed by atoms with Crippen molar-refractivity contribution < 1.29 is 24.0 Å². The number of carbonyl (C=O) groups excluding carboxylic acids is 5. The lowest BCUT2D eigenvalue weighted by Crippen LogP contribution is -2.54. The summed E-state index contributed by atoms with van der Waals surface area (Å²) in [5, 5.41) is 5.04. The SMILES string of the molecule is O=C1CCC(N2C(=O)c3ccc(C(=O)NCc4ccc(CN5CCc6ccccc6C5)cc4)cc3C2=O)C(=O)N1. The highest BCUT2D eigenvalue weighted by Crippen LogP contribution is 2.28. The van der Waals surface area contributed by atoms with Crippen LogP contribution in [0, 0.1) is 0 Å². The lowest BCUT2D eigenvalue weighted by atomic mass is 9.99. The molecule has 5 amide bonds. The largest absolute Gasteiger partial charge is 0.348 e. The summed E-state index contributed by atoms with van der Waals surface area (Å²) in [4.78, 5) is 65.8. The minimum atomic E-state index is -1.05. The van der Waals surface area contributed by atoms with Gasteiger partial charge in [0.25, 0.3) is 17.7 Å². The van der Waals surface area contributed by atoms with Gasteiger partial charge in [0.05, 0.1) is 11.1 Å². The minimum absolute atomic E-state index is 0.0469. The fraction of sp³-hybridized carbons (Fsp3) is 0.258. The highest BCUT2D eigenvalue weighted by Gasteiger charge is 2.44. The fourth-order valence-corrected chi connectivity index (χ4v) is 5.61. The summed E-state index contributed by atoms with van der Waals surface area (Å²) in [6.45, 7) is 3.13. The third-order valence-corrected chi connectivity index (χ3v) is 7.79. The molecular weight excluding hydrogens is 508 g/mol. The molecule has 1 saturated heterocycles. The number of imide groups is 2. The van der Waals surface area contributed by atoms with Crippen LogP contribution < -0.4 is 10.6 Å². The number of carbonyl (C=O) groups is 5. The minimum Gasteiger partial charge on any atom is -0.348 e. The summed E-state index contributed by atoms with van der Waals surface area (Å²) in [7, 11) is 0. The predicted molar refractivity (Wildman–Crippen MR) is 145 cm³/mol.